The molecule has 0 N–H and O–H groups in total. The average molecular weight is 144 g/mol. The summed E-state index contributed by atoms with van der Waals surface area (Å²) in [4.78, 5) is 3.90. The number of para-hydroxylation sites is 2. The maximum absolute atomic E-state index is 8.43. The van der Waals surface area contributed by atoms with Crippen LogP contribution >= 0.6 is 0 Å². The van der Waals surface area contributed by atoms with Gasteiger partial charge in [0, 0.05) is 0 Å². The molecule has 0 fully saturated rings. The lowest BCUT2D eigenvalue weighted by Gasteiger charge is -1.79. The number of fused-ring (bicyclic) bond motifs is 1. The smallest absolute Gasteiger partial charge is 0.301 e. The number of hydrogen-bond donors (Lipinski definition) is 0. The molecule has 0 unspecified atom stereocenters. The molecule has 0 aliphatic carbocycles. The van der Waals surface area contributed by atoms with Crippen LogP contribution in [0.1, 0.15) is 5.89 Å². The van der Waals surface area contributed by atoms with E-state index in [-0.39, 0.29) is 5.89 Å². The van der Waals surface area contributed by atoms with Gasteiger partial charge in [-0.3, -0.25) is 0 Å². The molecule has 0 spiro atoms. The Morgan fingerprint density at radius 3 is 2.91 bits per heavy atom. The Bertz CT molecular complexity index is 392. The second-order valence-corrected chi connectivity index (χ2v) is 2.10. The fraction of sp³-hybridized carbons (Fsp3) is 0. The van der Waals surface area contributed by atoms with Crippen molar-refractivity contribution in [2.75, 3.05) is 0 Å². The Hall–Kier alpha value is -1.82. The van der Waals surface area contributed by atoms with E-state index in [2.05, 4.69) is 4.98 Å². The van der Waals surface area contributed by atoms with Crippen LogP contribution in [0.25, 0.3) is 11.1 Å². The monoisotopic (exact) mass is 144 g/mol. The first-order chi connectivity index (χ1) is 5.40. The Morgan fingerprint density at radius 1 is 1.36 bits per heavy atom. The van der Waals surface area contributed by atoms with Crippen LogP contribution in [0.2, 0.25) is 0 Å². The third kappa shape index (κ3) is 0.849. The second kappa shape index (κ2) is 2.10. The normalized spacial score (nSPS) is 9.73. The van der Waals surface area contributed by atoms with Gasteiger partial charge in [-0.15, -0.1) is 0 Å². The molecule has 0 radical (unpaired) electrons. The van der Waals surface area contributed by atoms with Crippen molar-refractivity contribution in [3.05, 3.63) is 30.2 Å². The van der Waals surface area contributed by atoms with Gasteiger partial charge in [0.05, 0.1) is 0 Å². The topological polar surface area (TPSA) is 49.8 Å². The van der Waals surface area contributed by atoms with Crippen LogP contribution in [-0.2, 0) is 0 Å². The fourth-order valence-corrected chi connectivity index (χ4v) is 0.920. The van der Waals surface area contributed by atoms with Gasteiger partial charge in [0.2, 0.25) is 0 Å². The highest BCUT2D eigenvalue weighted by atomic mass is 16.3. The quantitative estimate of drug-likeness (QED) is 0.565. The summed E-state index contributed by atoms with van der Waals surface area (Å²) in [5, 5.41) is 8.43. The van der Waals surface area contributed by atoms with Gasteiger partial charge in [-0.2, -0.15) is 10.2 Å². The minimum absolute atomic E-state index is 0.117. The summed E-state index contributed by atoms with van der Waals surface area (Å²) in [6.45, 7) is 0. The minimum atomic E-state index is 0.117. The highest BCUT2D eigenvalue weighted by Gasteiger charge is 2.01. The number of aromatic nitrogens is 1. The fourth-order valence-electron chi connectivity index (χ4n) is 0.920. The first-order valence-electron chi connectivity index (χ1n) is 3.16. The van der Waals surface area contributed by atoms with Gasteiger partial charge in [0.25, 0.3) is 0 Å². The van der Waals surface area contributed by atoms with Crippen LogP contribution < -0.4 is 0 Å². The molecule has 2 aromatic rings. The molecule has 0 saturated heterocycles. The summed E-state index contributed by atoms with van der Waals surface area (Å²) >= 11 is 0. The molecule has 0 bridgehead atoms. The van der Waals surface area contributed by atoms with Crippen molar-refractivity contribution in [1.29, 1.82) is 5.26 Å². The molecule has 1 aromatic heterocycles. The Morgan fingerprint density at radius 2 is 2.18 bits per heavy atom. The molecule has 0 aliphatic heterocycles. The lowest BCUT2D eigenvalue weighted by atomic mass is 10.3. The number of oxazole rings is 1. The number of nitriles is 1. The Balaban J connectivity index is 2.81. The van der Waals surface area contributed by atoms with Crippen molar-refractivity contribution < 1.29 is 4.42 Å². The zero-order valence-corrected chi connectivity index (χ0v) is 5.61. The largest absolute Gasteiger partial charge is 0.428 e. The molecule has 0 atom stereocenters. The van der Waals surface area contributed by atoms with Gasteiger partial charge in [-0.25, -0.2) is 0 Å². The molecule has 0 saturated carbocycles. The highest BCUT2D eigenvalue weighted by Crippen LogP contribution is 2.13. The van der Waals surface area contributed by atoms with Crippen LogP contribution in [0.4, 0.5) is 0 Å². The van der Waals surface area contributed by atoms with E-state index in [1.165, 1.54) is 0 Å². The Labute approximate surface area is 62.9 Å². The zero-order chi connectivity index (χ0) is 7.68. The molecule has 11 heavy (non-hydrogen) atoms. The summed E-state index contributed by atoms with van der Waals surface area (Å²) in [5.41, 5.74) is 1.38. The molecule has 52 valence electrons. The Kier molecular flexibility index (Phi) is 1.13. The van der Waals surface area contributed by atoms with E-state index in [9.17, 15) is 0 Å². The van der Waals surface area contributed by atoms with Crippen molar-refractivity contribution in [3.8, 4) is 6.07 Å². The number of hydrogen-bond acceptors (Lipinski definition) is 3. The molecule has 3 nitrogen and oxygen atoms in total. The van der Waals surface area contributed by atoms with Crippen molar-refractivity contribution in [3.63, 3.8) is 0 Å². The van der Waals surface area contributed by atoms with E-state index in [1.807, 2.05) is 18.2 Å². The molecule has 3 heteroatoms. The first-order valence-corrected chi connectivity index (χ1v) is 3.16. The predicted molar refractivity (Wildman–Crippen MR) is 38.7 cm³/mol. The highest BCUT2D eigenvalue weighted by molar-refractivity contribution is 5.72. The van der Waals surface area contributed by atoms with Crippen molar-refractivity contribution >= 4 is 11.1 Å². The summed E-state index contributed by atoms with van der Waals surface area (Å²) < 4.78 is 5.04. The molecular weight excluding hydrogens is 140 g/mol. The zero-order valence-electron chi connectivity index (χ0n) is 5.61. The molecule has 0 aliphatic rings. The van der Waals surface area contributed by atoms with Gasteiger partial charge in [-0.05, 0) is 12.1 Å². The van der Waals surface area contributed by atoms with Gasteiger partial charge in [-0.1, -0.05) is 12.1 Å². The number of nitrogens with zero attached hydrogens (tertiary/aromatic N) is 2. The summed E-state index contributed by atoms with van der Waals surface area (Å²) in [6, 6.07) is 9.12. The molecule has 0 amide bonds. The van der Waals surface area contributed by atoms with E-state index in [0.717, 1.165) is 5.52 Å². The average Bonchev–Trinajstić information content (AvgIpc) is 2.46. The third-order valence-corrected chi connectivity index (χ3v) is 1.39. The van der Waals surface area contributed by atoms with E-state index in [0.29, 0.717) is 5.58 Å². The van der Waals surface area contributed by atoms with Gasteiger partial charge in [0.15, 0.2) is 11.7 Å². The standard InChI is InChI=1S/C8H4N2O/c9-5-8-10-6-3-1-2-4-7(6)11-8/h1-4H. The van der Waals surface area contributed by atoms with E-state index in [4.69, 9.17) is 9.68 Å². The SMILES string of the molecule is N#Cc1nc2ccccc2o1. The van der Waals surface area contributed by atoms with Gasteiger partial charge >= 0.3 is 5.89 Å². The lowest BCUT2D eigenvalue weighted by Crippen LogP contribution is -1.67. The van der Waals surface area contributed by atoms with Crippen molar-refractivity contribution in [2.24, 2.45) is 0 Å². The van der Waals surface area contributed by atoms with Crippen LogP contribution in [0.3, 0.4) is 0 Å². The first kappa shape index (κ1) is 5.93. The van der Waals surface area contributed by atoms with Crippen LogP contribution in [0.5, 0.6) is 0 Å². The van der Waals surface area contributed by atoms with Crippen LogP contribution in [-0.4, -0.2) is 4.98 Å². The number of rotatable bonds is 0. The van der Waals surface area contributed by atoms with Crippen LogP contribution in [0.15, 0.2) is 28.7 Å². The van der Waals surface area contributed by atoms with E-state index in [1.54, 1.807) is 12.1 Å². The number of benzene rings is 1. The molecule has 1 aromatic carbocycles. The summed E-state index contributed by atoms with van der Waals surface area (Å²) in [5.74, 6) is 0.117. The van der Waals surface area contributed by atoms with E-state index >= 15 is 0 Å². The summed E-state index contributed by atoms with van der Waals surface area (Å²) in [6.07, 6.45) is 0. The molecular formula is C8H4N2O. The molecule has 1 heterocycles. The molecule has 2 rings (SSSR count). The van der Waals surface area contributed by atoms with Gasteiger partial charge in [0.1, 0.15) is 5.52 Å². The van der Waals surface area contributed by atoms with E-state index < -0.39 is 0 Å². The minimum Gasteiger partial charge on any atom is -0.428 e. The van der Waals surface area contributed by atoms with Gasteiger partial charge < -0.3 is 4.42 Å². The maximum atomic E-state index is 8.43. The van der Waals surface area contributed by atoms with Crippen molar-refractivity contribution in [2.45, 2.75) is 0 Å². The second-order valence-electron chi connectivity index (χ2n) is 2.10. The van der Waals surface area contributed by atoms with Crippen molar-refractivity contribution in [1.82, 2.24) is 4.98 Å². The third-order valence-electron chi connectivity index (χ3n) is 1.39. The van der Waals surface area contributed by atoms with Crippen LogP contribution in [0, 0.1) is 11.3 Å². The maximum Gasteiger partial charge on any atom is 0.301 e. The lowest BCUT2D eigenvalue weighted by molar-refractivity contribution is 0.584. The summed E-state index contributed by atoms with van der Waals surface area (Å²) in [7, 11) is 0. The predicted octanol–water partition coefficient (Wildman–Crippen LogP) is 1.70.